The second kappa shape index (κ2) is 13.3. The third-order valence-electron chi connectivity index (χ3n) is 9.29. The van der Waals surface area contributed by atoms with Crippen LogP contribution in [0.3, 0.4) is 0 Å². The largest absolute Gasteiger partial charge is 0.550 e. The number of carbonyl (C=O) groups is 1. The van der Waals surface area contributed by atoms with E-state index in [4.69, 9.17) is 5.21 Å². The molecule has 0 aliphatic heterocycles. The summed E-state index contributed by atoms with van der Waals surface area (Å²) in [7, 11) is 0. The summed E-state index contributed by atoms with van der Waals surface area (Å²) in [6.45, 7) is 2.57. The Morgan fingerprint density at radius 1 is 0.725 bits per heavy atom. The third-order valence-corrected chi connectivity index (χ3v) is 9.29. The Bertz CT molecular complexity index is 2340. The lowest BCUT2D eigenvalue weighted by Crippen LogP contribution is -2.39. The smallest absolute Gasteiger partial charge is 0.184 e. The van der Waals surface area contributed by atoms with Crippen LogP contribution in [0, 0.1) is 0 Å². The van der Waals surface area contributed by atoms with Gasteiger partial charge < -0.3 is 9.90 Å². The van der Waals surface area contributed by atoms with E-state index in [0.29, 0.717) is 18.0 Å². The minimum Gasteiger partial charge on any atom is -0.550 e. The lowest BCUT2D eigenvalue weighted by atomic mass is 9.77. The van der Waals surface area contributed by atoms with E-state index in [-0.39, 0.29) is 12.2 Å². The van der Waals surface area contributed by atoms with Gasteiger partial charge in [0.2, 0.25) is 0 Å². The lowest BCUT2D eigenvalue weighted by Gasteiger charge is -2.36. The van der Waals surface area contributed by atoms with Crippen LogP contribution in [0.4, 0.5) is 0 Å². The van der Waals surface area contributed by atoms with Gasteiger partial charge in [-0.05, 0) is 50.2 Å². The fourth-order valence-corrected chi connectivity index (χ4v) is 6.98. The molecule has 0 bridgehead atoms. The van der Waals surface area contributed by atoms with E-state index in [1.54, 1.807) is 4.63 Å². The number of aromatic nitrogens is 8. The summed E-state index contributed by atoms with van der Waals surface area (Å²) in [6.07, 6.45) is 2.43. The van der Waals surface area contributed by atoms with Crippen LogP contribution in [-0.2, 0) is 29.7 Å². The molecule has 10 nitrogen and oxygen atoms in total. The van der Waals surface area contributed by atoms with Crippen molar-refractivity contribution in [1.82, 2.24) is 39.6 Å². The van der Waals surface area contributed by atoms with Crippen LogP contribution in [0.1, 0.15) is 40.6 Å². The molecule has 0 aliphatic carbocycles. The fraction of sp³-hybridized carbons (Fsp3) is 0.122. The standard InChI is InChI=1S/C41H34N8O2/c1-2-30-28-47(49-39(30)42-37(44-49)26-38(50)51)27-29-22-24-31(25-23-29)35-20-12-13-21-36(35)40-43-45-46-48(40)41(32-14-6-3-7-15-32,33-16-8-4-9-17-33)34-18-10-5-11-19-34/h3-25,28H,2,26-27H2,1H3,(H,50,51)/p-1. The van der Waals surface area contributed by atoms with Crippen LogP contribution in [-0.4, -0.2) is 45.6 Å². The molecule has 0 radical (unpaired) electrons. The molecule has 8 aromatic rings. The zero-order valence-electron chi connectivity index (χ0n) is 27.9. The first-order valence-corrected chi connectivity index (χ1v) is 16.8. The quantitative estimate of drug-likeness (QED) is 0.165. The van der Waals surface area contributed by atoms with Crippen LogP contribution in [0.5, 0.6) is 0 Å². The molecule has 0 fully saturated rings. The minimum atomic E-state index is -1.20. The summed E-state index contributed by atoms with van der Waals surface area (Å²) < 4.78 is 5.58. The Hall–Kier alpha value is -6.68. The van der Waals surface area contributed by atoms with Gasteiger partial charge >= 0.3 is 0 Å². The molecule has 250 valence electrons. The minimum absolute atomic E-state index is 0.235. The van der Waals surface area contributed by atoms with E-state index in [1.807, 2.05) is 89.2 Å². The van der Waals surface area contributed by atoms with Crippen LogP contribution in [0.15, 0.2) is 146 Å². The van der Waals surface area contributed by atoms with Gasteiger partial charge in [-0.1, -0.05) is 146 Å². The molecule has 0 saturated carbocycles. The van der Waals surface area contributed by atoms with Gasteiger partial charge in [0.1, 0.15) is 5.54 Å². The summed E-state index contributed by atoms with van der Waals surface area (Å²) >= 11 is 0. The fourth-order valence-electron chi connectivity index (χ4n) is 6.98. The highest BCUT2D eigenvalue weighted by Gasteiger charge is 2.42. The Balaban J connectivity index is 1.21. The molecule has 0 amide bonds. The molecule has 3 heterocycles. The number of hydrogen-bond donors (Lipinski definition) is 0. The molecular weight excluding hydrogens is 637 g/mol. The SMILES string of the molecule is CCc1cn(Cc2ccc(-c3ccccc3-c3nnnn3C(c3ccccc3)(c3ccccc3)c3ccccc3)cc2)n2nc(CC(=O)[O-])nc12. The zero-order valence-corrected chi connectivity index (χ0v) is 27.9. The van der Waals surface area contributed by atoms with Crippen molar-refractivity contribution >= 4 is 11.6 Å². The Morgan fingerprint density at radius 2 is 1.29 bits per heavy atom. The molecular formula is C41H33N8O2-. The second-order valence-electron chi connectivity index (χ2n) is 12.4. The first-order valence-electron chi connectivity index (χ1n) is 16.8. The molecule has 5 aromatic carbocycles. The molecule has 0 unspecified atom stereocenters. The number of nitrogens with zero attached hydrogens (tertiary/aromatic N) is 8. The third kappa shape index (κ3) is 5.66. The van der Waals surface area contributed by atoms with E-state index in [2.05, 4.69) is 93.2 Å². The van der Waals surface area contributed by atoms with Gasteiger partial charge in [-0.15, -0.1) is 10.2 Å². The summed E-state index contributed by atoms with van der Waals surface area (Å²) in [5, 5.41) is 29.4. The number of carboxylic acid groups (broad SMARTS) is 1. The van der Waals surface area contributed by atoms with Crippen molar-refractivity contribution in [1.29, 1.82) is 0 Å². The molecule has 51 heavy (non-hydrogen) atoms. The predicted molar refractivity (Wildman–Crippen MR) is 191 cm³/mol. The average molecular weight is 670 g/mol. The molecule has 10 heteroatoms. The van der Waals surface area contributed by atoms with Crippen molar-refractivity contribution in [3.05, 3.63) is 179 Å². The first kappa shape index (κ1) is 31.6. The molecule has 0 atom stereocenters. The topological polar surface area (TPSA) is 119 Å². The van der Waals surface area contributed by atoms with E-state index in [9.17, 15) is 9.90 Å². The van der Waals surface area contributed by atoms with Gasteiger partial charge in [0.25, 0.3) is 0 Å². The molecule has 8 rings (SSSR count). The number of fused-ring (bicyclic) bond motifs is 1. The van der Waals surface area contributed by atoms with E-state index >= 15 is 0 Å². The number of benzene rings is 5. The van der Waals surface area contributed by atoms with Gasteiger partial charge in [-0.25, -0.2) is 9.67 Å². The van der Waals surface area contributed by atoms with Crippen LogP contribution >= 0.6 is 0 Å². The highest BCUT2D eigenvalue weighted by Crippen LogP contribution is 2.43. The van der Waals surface area contributed by atoms with Crippen molar-refractivity contribution in [3.63, 3.8) is 0 Å². The van der Waals surface area contributed by atoms with Crippen LogP contribution < -0.4 is 5.11 Å². The summed E-state index contributed by atoms with van der Waals surface area (Å²) in [4.78, 5) is 15.6. The molecule has 0 aliphatic rings. The molecule has 0 saturated heterocycles. The number of carbonyl (C=O) groups excluding carboxylic acids is 1. The highest BCUT2D eigenvalue weighted by molar-refractivity contribution is 5.81. The number of aliphatic carboxylic acids is 1. The van der Waals surface area contributed by atoms with Crippen LogP contribution in [0.25, 0.3) is 28.2 Å². The Morgan fingerprint density at radius 3 is 1.86 bits per heavy atom. The second-order valence-corrected chi connectivity index (χ2v) is 12.4. The molecule has 3 aromatic heterocycles. The first-order chi connectivity index (χ1) is 25.1. The van der Waals surface area contributed by atoms with Crippen LogP contribution in [0.2, 0.25) is 0 Å². The maximum atomic E-state index is 11.2. The van der Waals surface area contributed by atoms with E-state index in [1.165, 1.54) is 0 Å². The van der Waals surface area contributed by atoms with Crippen molar-refractivity contribution in [2.45, 2.75) is 31.8 Å². The number of tetrazole rings is 1. The maximum absolute atomic E-state index is 11.2. The van der Waals surface area contributed by atoms with Gasteiger partial charge in [-0.2, -0.15) is 4.63 Å². The van der Waals surface area contributed by atoms with Crippen molar-refractivity contribution in [2.24, 2.45) is 0 Å². The summed E-state index contributed by atoms with van der Waals surface area (Å²) in [6, 6.07) is 47.7. The lowest BCUT2D eigenvalue weighted by molar-refractivity contribution is -0.304. The predicted octanol–water partition coefficient (Wildman–Crippen LogP) is 5.59. The van der Waals surface area contributed by atoms with Gasteiger partial charge in [0, 0.05) is 29.7 Å². The monoisotopic (exact) mass is 669 g/mol. The maximum Gasteiger partial charge on any atom is 0.184 e. The summed E-state index contributed by atoms with van der Waals surface area (Å²) in [5.74, 6) is -0.339. The molecule has 0 spiro atoms. The highest BCUT2D eigenvalue weighted by atomic mass is 16.4. The van der Waals surface area contributed by atoms with Gasteiger partial charge in [0.15, 0.2) is 17.3 Å². The van der Waals surface area contributed by atoms with E-state index in [0.717, 1.165) is 50.9 Å². The number of hydrogen-bond acceptors (Lipinski definition) is 7. The Labute approximate surface area is 294 Å². The van der Waals surface area contributed by atoms with Gasteiger partial charge in [0.05, 0.1) is 6.54 Å². The number of carboxylic acids is 1. The number of rotatable bonds is 11. The zero-order chi connectivity index (χ0) is 34.8. The van der Waals surface area contributed by atoms with Crippen molar-refractivity contribution in [3.8, 4) is 22.5 Å². The Kier molecular flexibility index (Phi) is 8.25. The normalized spacial score (nSPS) is 11.6. The van der Waals surface area contributed by atoms with Gasteiger partial charge in [-0.3, -0.25) is 4.68 Å². The number of aryl methyl sites for hydroxylation is 1. The van der Waals surface area contributed by atoms with Crippen molar-refractivity contribution in [2.75, 3.05) is 0 Å². The summed E-state index contributed by atoms with van der Waals surface area (Å²) in [5.41, 5.74) is 7.82. The molecule has 0 N–H and O–H groups in total. The average Bonchev–Trinajstić information content (AvgIpc) is 3.90. The van der Waals surface area contributed by atoms with Crippen molar-refractivity contribution < 1.29 is 9.90 Å². The van der Waals surface area contributed by atoms with E-state index < -0.39 is 11.5 Å².